The van der Waals surface area contributed by atoms with Crippen molar-refractivity contribution >= 4 is 27.3 Å². The Morgan fingerprint density at radius 1 is 1.31 bits per heavy atom. The van der Waals surface area contributed by atoms with E-state index in [1.807, 2.05) is 19.1 Å². The topological polar surface area (TPSA) is 26.0 Å². The van der Waals surface area contributed by atoms with Gasteiger partial charge in [-0.1, -0.05) is 15.9 Å². The highest BCUT2D eigenvalue weighted by atomic mass is 79.9. The molecule has 1 nitrogen and oxygen atoms in total. The molecule has 0 aliphatic heterocycles. The smallest absolute Gasteiger partial charge is 0.124 e. The first-order chi connectivity index (χ1) is 7.58. The summed E-state index contributed by atoms with van der Waals surface area (Å²) in [7, 11) is 0. The first-order valence-corrected chi connectivity index (χ1v) is 6.49. The molecule has 0 saturated carbocycles. The van der Waals surface area contributed by atoms with Gasteiger partial charge in [-0.05, 0) is 37.3 Å². The van der Waals surface area contributed by atoms with Gasteiger partial charge in [-0.25, -0.2) is 4.39 Å². The highest BCUT2D eigenvalue weighted by Gasteiger charge is 2.09. The maximum Gasteiger partial charge on any atom is 0.124 e. The lowest BCUT2D eigenvalue weighted by molar-refractivity contribution is 0.627. The minimum absolute atomic E-state index is 0.0398. The van der Waals surface area contributed by atoms with E-state index < -0.39 is 0 Å². The lowest BCUT2D eigenvalue weighted by atomic mass is 10.2. The molecule has 0 aliphatic carbocycles. The zero-order valence-corrected chi connectivity index (χ0v) is 11.1. The van der Waals surface area contributed by atoms with E-state index in [4.69, 9.17) is 5.73 Å². The molecule has 1 heterocycles. The molecule has 2 N–H and O–H groups in total. The fraction of sp³-hybridized carbons (Fsp3) is 0.167. The Morgan fingerprint density at radius 3 is 2.62 bits per heavy atom. The number of nitrogens with two attached hydrogens (primary N) is 1. The lowest BCUT2D eigenvalue weighted by Crippen LogP contribution is -2.01. The quantitative estimate of drug-likeness (QED) is 0.877. The number of thiophene rings is 1. The highest BCUT2D eigenvalue weighted by Crippen LogP contribution is 2.35. The first kappa shape index (κ1) is 11.8. The van der Waals surface area contributed by atoms with Gasteiger partial charge in [0.1, 0.15) is 5.82 Å². The third kappa shape index (κ3) is 2.34. The summed E-state index contributed by atoms with van der Waals surface area (Å²) in [4.78, 5) is 2.23. The van der Waals surface area contributed by atoms with Crippen molar-refractivity contribution in [3.05, 3.63) is 45.5 Å². The SMILES string of the molecule is CC(N)c1ccc(-c2ccc(F)cc2Br)s1. The molecular formula is C12H11BrFNS. The predicted octanol–water partition coefficient (Wildman–Crippen LogP) is 4.34. The average molecular weight is 300 g/mol. The zero-order chi connectivity index (χ0) is 11.7. The molecule has 2 aromatic rings. The van der Waals surface area contributed by atoms with Crippen LogP contribution in [0.4, 0.5) is 4.39 Å². The fourth-order valence-electron chi connectivity index (χ4n) is 1.43. The van der Waals surface area contributed by atoms with Crippen molar-refractivity contribution in [2.75, 3.05) is 0 Å². The second-order valence-corrected chi connectivity index (χ2v) is 5.58. The highest BCUT2D eigenvalue weighted by molar-refractivity contribution is 9.10. The van der Waals surface area contributed by atoms with Gasteiger partial charge in [0.25, 0.3) is 0 Å². The lowest BCUT2D eigenvalue weighted by Gasteiger charge is -2.02. The van der Waals surface area contributed by atoms with Crippen LogP contribution < -0.4 is 5.73 Å². The van der Waals surface area contributed by atoms with Crippen LogP contribution in [0.2, 0.25) is 0 Å². The molecule has 0 amide bonds. The van der Waals surface area contributed by atoms with Crippen molar-refractivity contribution in [1.29, 1.82) is 0 Å². The van der Waals surface area contributed by atoms with Crippen molar-refractivity contribution < 1.29 is 4.39 Å². The van der Waals surface area contributed by atoms with Gasteiger partial charge >= 0.3 is 0 Å². The summed E-state index contributed by atoms with van der Waals surface area (Å²) in [5.74, 6) is -0.236. The largest absolute Gasteiger partial charge is 0.324 e. The van der Waals surface area contributed by atoms with Crippen LogP contribution in [-0.2, 0) is 0 Å². The third-order valence-corrected chi connectivity index (χ3v) is 4.25. The normalized spacial score (nSPS) is 12.8. The van der Waals surface area contributed by atoms with E-state index in [2.05, 4.69) is 15.9 Å². The van der Waals surface area contributed by atoms with Crippen molar-refractivity contribution in [3.8, 4) is 10.4 Å². The number of benzene rings is 1. The van der Waals surface area contributed by atoms with E-state index in [1.165, 1.54) is 12.1 Å². The maximum atomic E-state index is 13.0. The van der Waals surface area contributed by atoms with Gasteiger partial charge in [-0.15, -0.1) is 11.3 Å². The molecule has 0 bridgehead atoms. The van der Waals surface area contributed by atoms with Crippen molar-refractivity contribution in [3.63, 3.8) is 0 Å². The Hall–Kier alpha value is -0.710. The van der Waals surface area contributed by atoms with E-state index in [9.17, 15) is 4.39 Å². The molecule has 0 spiro atoms. The number of hydrogen-bond donors (Lipinski definition) is 1. The molecule has 1 aromatic heterocycles. The van der Waals surface area contributed by atoms with Crippen LogP contribution in [0, 0.1) is 5.82 Å². The van der Waals surface area contributed by atoms with Crippen LogP contribution >= 0.6 is 27.3 Å². The summed E-state index contributed by atoms with van der Waals surface area (Å²) in [6.45, 7) is 1.95. The van der Waals surface area contributed by atoms with Gasteiger partial charge in [-0.2, -0.15) is 0 Å². The van der Waals surface area contributed by atoms with Gasteiger partial charge < -0.3 is 5.73 Å². The van der Waals surface area contributed by atoms with Crippen LogP contribution in [-0.4, -0.2) is 0 Å². The van der Waals surface area contributed by atoms with Crippen LogP contribution in [0.25, 0.3) is 10.4 Å². The Labute approximate surface area is 106 Å². The van der Waals surface area contributed by atoms with Crippen LogP contribution in [0.15, 0.2) is 34.8 Å². The molecule has 0 radical (unpaired) electrons. The molecule has 84 valence electrons. The second kappa shape index (κ2) is 4.65. The second-order valence-electron chi connectivity index (χ2n) is 3.61. The monoisotopic (exact) mass is 299 g/mol. The van der Waals surface area contributed by atoms with E-state index in [-0.39, 0.29) is 11.9 Å². The van der Waals surface area contributed by atoms with Gasteiger partial charge in [0.05, 0.1) is 0 Å². The molecule has 4 heteroatoms. The predicted molar refractivity (Wildman–Crippen MR) is 70.0 cm³/mol. The van der Waals surface area contributed by atoms with Crippen molar-refractivity contribution in [2.45, 2.75) is 13.0 Å². The molecule has 1 aromatic carbocycles. The molecular weight excluding hydrogens is 289 g/mol. The number of hydrogen-bond acceptors (Lipinski definition) is 2. The standard InChI is InChI=1S/C12H11BrFNS/c1-7(15)11-4-5-12(16-11)9-3-2-8(14)6-10(9)13/h2-7H,15H2,1H3. The first-order valence-electron chi connectivity index (χ1n) is 4.88. The Balaban J connectivity index is 2.42. The summed E-state index contributed by atoms with van der Waals surface area (Å²) in [6.07, 6.45) is 0. The molecule has 0 aliphatic rings. The maximum absolute atomic E-state index is 13.0. The van der Waals surface area contributed by atoms with E-state index in [0.29, 0.717) is 0 Å². The molecule has 0 fully saturated rings. The average Bonchev–Trinajstić information content (AvgIpc) is 2.66. The Bertz CT molecular complexity index is 507. The Morgan fingerprint density at radius 2 is 2.06 bits per heavy atom. The summed E-state index contributed by atoms with van der Waals surface area (Å²) in [5.41, 5.74) is 6.80. The minimum atomic E-state index is -0.236. The van der Waals surface area contributed by atoms with Crippen LogP contribution in [0.5, 0.6) is 0 Å². The van der Waals surface area contributed by atoms with Gasteiger partial charge in [0.2, 0.25) is 0 Å². The molecule has 0 saturated heterocycles. The van der Waals surface area contributed by atoms with Crippen molar-refractivity contribution in [1.82, 2.24) is 0 Å². The van der Waals surface area contributed by atoms with Gasteiger partial charge in [-0.3, -0.25) is 0 Å². The minimum Gasteiger partial charge on any atom is -0.324 e. The van der Waals surface area contributed by atoms with Gasteiger partial charge in [0, 0.05) is 25.8 Å². The van der Waals surface area contributed by atoms with E-state index >= 15 is 0 Å². The number of halogens is 2. The van der Waals surface area contributed by atoms with Crippen LogP contribution in [0.1, 0.15) is 17.8 Å². The summed E-state index contributed by atoms with van der Waals surface area (Å²) < 4.78 is 13.7. The third-order valence-electron chi connectivity index (χ3n) is 2.27. The Kier molecular flexibility index (Phi) is 3.42. The molecule has 1 unspecified atom stereocenters. The zero-order valence-electron chi connectivity index (χ0n) is 8.71. The fourth-order valence-corrected chi connectivity index (χ4v) is 3.13. The molecule has 1 atom stereocenters. The molecule has 2 rings (SSSR count). The van der Waals surface area contributed by atoms with Gasteiger partial charge in [0.15, 0.2) is 0 Å². The van der Waals surface area contributed by atoms with E-state index in [0.717, 1.165) is 19.8 Å². The summed E-state index contributed by atoms with van der Waals surface area (Å²) >= 11 is 5.00. The molecule has 16 heavy (non-hydrogen) atoms. The van der Waals surface area contributed by atoms with Crippen LogP contribution in [0.3, 0.4) is 0 Å². The van der Waals surface area contributed by atoms with Crippen molar-refractivity contribution in [2.24, 2.45) is 5.73 Å². The number of rotatable bonds is 2. The summed E-state index contributed by atoms with van der Waals surface area (Å²) in [5, 5.41) is 0. The van der Waals surface area contributed by atoms with E-state index in [1.54, 1.807) is 17.4 Å². The summed E-state index contributed by atoms with van der Waals surface area (Å²) in [6, 6.07) is 8.78.